The van der Waals surface area contributed by atoms with E-state index in [4.69, 9.17) is 0 Å². The van der Waals surface area contributed by atoms with Crippen molar-refractivity contribution < 1.29 is 0 Å². The second-order valence-corrected chi connectivity index (χ2v) is 4.67. The summed E-state index contributed by atoms with van der Waals surface area (Å²) < 4.78 is 0. The first-order chi connectivity index (χ1) is 6.90. The molecule has 14 heavy (non-hydrogen) atoms. The minimum Gasteiger partial charge on any atom is -0.263 e. The van der Waals surface area contributed by atoms with Crippen molar-refractivity contribution in [2.45, 2.75) is 44.9 Å². The van der Waals surface area contributed by atoms with Crippen LogP contribution in [0.2, 0.25) is 0 Å². The number of H-pyrrole nitrogens is 1. The van der Waals surface area contributed by atoms with Crippen LogP contribution in [-0.2, 0) is 6.42 Å². The minimum absolute atomic E-state index is 0.714. The Balaban J connectivity index is 1.72. The van der Waals surface area contributed by atoms with E-state index in [1.165, 1.54) is 19.3 Å². The number of aromatic nitrogens is 3. The van der Waals surface area contributed by atoms with Gasteiger partial charge in [0.15, 0.2) is 5.82 Å². The number of aryl methyl sites for hydroxylation is 1. The standard InChI is InChI=1S/C11H17N3/c1-2-4-9-12-11(14-13-9)10-7-5-3-6-8(7)10/h7-8,10H,2-6H2,1H3,(H,12,13,14). The number of rotatable bonds is 3. The van der Waals surface area contributed by atoms with Crippen LogP contribution in [0.15, 0.2) is 0 Å². The quantitative estimate of drug-likeness (QED) is 0.796. The van der Waals surface area contributed by atoms with Gasteiger partial charge in [-0.05, 0) is 31.1 Å². The van der Waals surface area contributed by atoms with Gasteiger partial charge in [-0.3, -0.25) is 5.10 Å². The van der Waals surface area contributed by atoms with Crippen molar-refractivity contribution in [1.29, 1.82) is 0 Å². The lowest BCUT2D eigenvalue weighted by Gasteiger charge is -1.95. The largest absolute Gasteiger partial charge is 0.263 e. The van der Waals surface area contributed by atoms with Crippen molar-refractivity contribution in [3.05, 3.63) is 11.6 Å². The molecule has 2 aliphatic rings. The first kappa shape index (κ1) is 8.45. The van der Waals surface area contributed by atoms with Gasteiger partial charge in [-0.1, -0.05) is 13.3 Å². The van der Waals surface area contributed by atoms with Gasteiger partial charge in [-0.25, -0.2) is 4.98 Å². The maximum Gasteiger partial charge on any atom is 0.154 e. The van der Waals surface area contributed by atoms with Gasteiger partial charge in [-0.15, -0.1) is 0 Å². The Hall–Kier alpha value is -0.860. The highest BCUT2D eigenvalue weighted by Crippen LogP contribution is 2.62. The van der Waals surface area contributed by atoms with E-state index in [0.717, 1.165) is 36.3 Å². The van der Waals surface area contributed by atoms with Gasteiger partial charge in [-0.2, -0.15) is 5.10 Å². The fourth-order valence-electron chi connectivity index (χ4n) is 3.01. The Kier molecular flexibility index (Phi) is 1.85. The first-order valence-corrected chi connectivity index (χ1v) is 5.81. The van der Waals surface area contributed by atoms with Gasteiger partial charge >= 0.3 is 0 Å². The summed E-state index contributed by atoms with van der Waals surface area (Å²) in [6.45, 7) is 2.17. The summed E-state index contributed by atoms with van der Waals surface area (Å²) in [5.74, 6) is 4.75. The summed E-state index contributed by atoms with van der Waals surface area (Å²) in [6, 6.07) is 0. The van der Waals surface area contributed by atoms with Gasteiger partial charge in [0.1, 0.15) is 5.82 Å². The normalized spacial score (nSPS) is 34.5. The summed E-state index contributed by atoms with van der Waals surface area (Å²) in [5, 5.41) is 7.40. The molecule has 0 aliphatic heterocycles. The molecule has 2 atom stereocenters. The summed E-state index contributed by atoms with van der Waals surface area (Å²) in [5.41, 5.74) is 0. The molecule has 1 heterocycles. The zero-order valence-electron chi connectivity index (χ0n) is 8.66. The van der Waals surface area contributed by atoms with E-state index < -0.39 is 0 Å². The summed E-state index contributed by atoms with van der Waals surface area (Å²) in [4.78, 5) is 4.58. The number of nitrogens with zero attached hydrogens (tertiary/aromatic N) is 2. The molecule has 0 spiro atoms. The summed E-state index contributed by atoms with van der Waals surface area (Å²) >= 11 is 0. The molecule has 76 valence electrons. The Bertz CT molecular complexity index is 321. The van der Waals surface area contributed by atoms with E-state index in [1.807, 2.05) is 0 Å². The maximum absolute atomic E-state index is 4.58. The number of hydrogen-bond acceptors (Lipinski definition) is 2. The molecule has 3 nitrogen and oxygen atoms in total. The minimum atomic E-state index is 0.714. The average molecular weight is 191 g/mol. The molecule has 0 radical (unpaired) electrons. The van der Waals surface area contributed by atoms with Crippen LogP contribution in [0.4, 0.5) is 0 Å². The van der Waals surface area contributed by atoms with Gasteiger partial charge in [0.05, 0.1) is 0 Å². The fourth-order valence-corrected chi connectivity index (χ4v) is 3.01. The molecule has 1 N–H and O–H groups in total. The zero-order valence-corrected chi connectivity index (χ0v) is 8.66. The monoisotopic (exact) mass is 191 g/mol. The second kappa shape index (κ2) is 3.07. The third-order valence-electron chi connectivity index (χ3n) is 3.74. The van der Waals surface area contributed by atoms with E-state index in [0.29, 0.717) is 5.92 Å². The molecular weight excluding hydrogens is 174 g/mol. The van der Waals surface area contributed by atoms with E-state index in [-0.39, 0.29) is 0 Å². The Labute approximate surface area is 84.3 Å². The van der Waals surface area contributed by atoms with Crippen LogP contribution in [0, 0.1) is 11.8 Å². The summed E-state index contributed by atoms with van der Waals surface area (Å²) in [7, 11) is 0. The van der Waals surface area contributed by atoms with E-state index in [9.17, 15) is 0 Å². The lowest BCUT2D eigenvalue weighted by molar-refractivity contribution is 0.659. The van der Waals surface area contributed by atoms with Crippen LogP contribution in [0.25, 0.3) is 0 Å². The summed E-state index contributed by atoms with van der Waals surface area (Å²) in [6.07, 6.45) is 6.43. The number of aromatic amines is 1. The predicted molar refractivity (Wildman–Crippen MR) is 53.9 cm³/mol. The number of hydrogen-bond donors (Lipinski definition) is 1. The Morgan fingerprint density at radius 1 is 1.36 bits per heavy atom. The number of fused-ring (bicyclic) bond motifs is 1. The maximum atomic E-state index is 4.58. The van der Waals surface area contributed by atoms with E-state index >= 15 is 0 Å². The van der Waals surface area contributed by atoms with Crippen LogP contribution in [0.3, 0.4) is 0 Å². The molecule has 0 bridgehead atoms. The van der Waals surface area contributed by atoms with Crippen molar-refractivity contribution in [2.24, 2.45) is 11.8 Å². The molecule has 2 saturated carbocycles. The second-order valence-electron chi connectivity index (χ2n) is 4.67. The van der Waals surface area contributed by atoms with Crippen LogP contribution in [0.1, 0.15) is 50.2 Å². The lowest BCUT2D eigenvalue weighted by Crippen LogP contribution is -1.91. The van der Waals surface area contributed by atoms with Gasteiger partial charge in [0.25, 0.3) is 0 Å². The third kappa shape index (κ3) is 1.18. The predicted octanol–water partition coefficient (Wildman–Crippen LogP) is 2.27. The molecule has 1 aromatic heterocycles. The molecule has 0 aromatic carbocycles. The van der Waals surface area contributed by atoms with Crippen LogP contribution < -0.4 is 0 Å². The highest BCUT2D eigenvalue weighted by molar-refractivity contribution is 5.17. The molecule has 1 aromatic rings. The first-order valence-electron chi connectivity index (χ1n) is 5.81. The SMILES string of the molecule is CCCc1nc(C2C3CCCC32)n[nH]1. The fraction of sp³-hybridized carbons (Fsp3) is 0.818. The molecular formula is C11H17N3. The highest BCUT2D eigenvalue weighted by atomic mass is 15.2. The van der Waals surface area contributed by atoms with Crippen LogP contribution in [0.5, 0.6) is 0 Å². The van der Waals surface area contributed by atoms with Crippen molar-refractivity contribution in [1.82, 2.24) is 15.2 Å². The smallest absolute Gasteiger partial charge is 0.154 e. The van der Waals surface area contributed by atoms with Crippen molar-refractivity contribution in [3.8, 4) is 0 Å². The van der Waals surface area contributed by atoms with Crippen molar-refractivity contribution >= 4 is 0 Å². The molecule has 2 unspecified atom stereocenters. The van der Waals surface area contributed by atoms with Crippen LogP contribution in [-0.4, -0.2) is 15.2 Å². The molecule has 3 heteroatoms. The topological polar surface area (TPSA) is 41.6 Å². The van der Waals surface area contributed by atoms with Crippen molar-refractivity contribution in [2.75, 3.05) is 0 Å². The molecule has 3 rings (SSSR count). The number of nitrogens with one attached hydrogen (secondary N) is 1. The van der Waals surface area contributed by atoms with Crippen LogP contribution >= 0.6 is 0 Å². The van der Waals surface area contributed by atoms with E-state index in [2.05, 4.69) is 22.1 Å². The lowest BCUT2D eigenvalue weighted by atomic mass is 10.1. The Morgan fingerprint density at radius 3 is 2.86 bits per heavy atom. The Morgan fingerprint density at radius 2 is 2.14 bits per heavy atom. The van der Waals surface area contributed by atoms with Crippen molar-refractivity contribution in [3.63, 3.8) is 0 Å². The van der Waals surface area contributed by atoms with Gasteiger partial charge < -0.3 is 0 Å². The van der Waals surface area contributed by atoms with Gasteiger partial charge in [0.2, 0.25) is 0 Å². The molecule has 0 amide bonds. The zero-order chi connectivity index (χ0) is 9.54. The molecule has 0 saturated heterocycles. The highest BCUT2D eigenvalue weighted by Gasteiger charge is 2.55. The average Bonchev–Trinajstić information content (AvgIpc) is 2.63. The molecule has 2 fully saturated rings. The molecule has 2 aliphatic carbocycles. The van der Waals surface area contributed by atoms with E-state index in [1.54, 1.807) is 0 Å². The van der Waals surface area contributed by atoms with Gasteiger partial charge in [0, 0.05) is 12.3 Å². The third-order valence-corrected chi connectivity index (χ3v) is 3.74.